The van der Waals surface area contributed by atoms with Gasteiger partial charge in [0.15, 0.2) is 0 Å². The van der Waals surface area contributed by atoms with E-state index in [1.165, 1.54) is 5.56 Å². The second-order valence-corrected chi connectivity index (χ2v) is 29.3. The number of nitrogens with one attached hydrogen (secondary N) is 5. The van der Waals surface area contributed by atoms with Gasteiger partial charge in [0.1, 0.15) is 11.2 Å². The number of unbranched alkanes of at least 4 members (excludes halogenated alkanes) is 1. The molecule has 598 valence electrons. The molecule has 2 saturated carbocycles. The predicted molar refractivity (Wildman–Crippen MR) is 397 cm³/mol. The van der Waals surface area contributed by atoms with Crippen molar-refractivity contribution in [2.24, 2.45) is 0 Å². The average molecular weight is 1510 g/mol. The van der Waals surface area contributed by atoms with E-state index >= 15 is 0 Å². The number of thioether (sulfide) groups is 1. The van der Waals surface area contributed by atoms with Crippen LogP contribution in [0.2, 0.25) is 0 Å². The standard InChI is InChI=1S/C76H126N6O22S/c1-75(2,3)103-73(86)79-63-19-21-64(22-20-63)82(74(87)104-76(4,5)6)67-57-65(67)61-17-15-60(16-18-61)62-11-9-10-59(56-62)14-23-70(84)78-25-27-89-29-31-91-33-35-93-37-39-95-41-43-97-45-47-99-49-51-101-53-55-102-54-52-100-50-48-98-46-44-96-42-40-94-38-36-92-34-32-90-30-28-88-26-24-77-69(83)13-8-7-12-68-71-66(58-105-68)80-72(85)81-71/h9-11,15-18,56,63-68,71H,7-8,12-14,19-55,57-58H2,1-6H3,(H,77,83)(H,78,84)(H,79,86)(H2,80,81,85)/t63-,64-,65-,66-,67+,68-,71-/m0/s1. The molecule has 0 radical (unpaired) electrons. The van der Waals surface area contributed by atoms with Crippen LogP contribution >= 0.6 is 11.8 Å². The van der Waals surface area contributed by atoms with Gasteiger partial charge in [-0.3, -0.25) is 9.59 Å². The van der Waals surface area contributed by atoms with Crippen LogP contribution in [0, 0.1) is 0 Å². The first-order chi connectivity index (χ1) is 51.0. The molecule has 2 saturated heterocycles. The Labute approximate surface area is 627 Å². The summed E-state index contributed by atoms with van der Waals surface area (Å²) in [4.78, 5) is 64.5. The SMILES string of the molecule is CC(C)(C)OC(=O)N[C@H]1CC[C@H](N(C(=O)OC(C)(C)C)[C@@H]2C[C@H]2c2ccc(-c3cccc(CCC(=O)NCCOCCOCCOCCOCCOCCOCCOCCOCCOCCOCCOCCOCCOCCOCCOCCNC(=O)CCCC[C@@H]4SC[C@@H]5NC(=O)N[C@@H]54)c3)cc2)CC1. The van der Waals surface area contributed by atoms with Crippen molar-refractivity contribution in [3.05, 3.63) is 59.7 Å². The Hall–Kier alpha value is -5.06. The number of ether oxygens (including phenoxy) is 17. The molecule has 2 heterocycles. The number of carbonyl (C=O) groups excluding carboxylic acids is 5. The average Bonchev–Trinajstić information content (AvgIpc) is 1.61. The van der Waals surface area contributed by atoms with Gasteiger partial charge in [-0.1, -0.05) is 55.0 Å². The third-order valence-corrected chi connectivity index (χ3v) is 18.7. The van der Waals surface area contributed by atoms with Gasteiger partial charge in [0.05, 0.1) is 210 Å². The quantitative estimate of drug-likeness (QED) is 0.0318. The van der Waals surface area contributed by atoms with Crippen LogP contribution in [0.15, 0.2) is 48.5 Å². The van der Waals surface area contributed by atoms with Gasteiger partial charge in [-0.2, -0.15) is 11.8 Å². The fourth-order valence-corrected chi connectivity index (χ4v) is 13.5. The van der Waals surface area contributed by atoms with Crippen LogP contribution in [0.4, 0.5) is 14.4 Å². The minimum absolute atomic E-state index is 0.00667. The summed E-state index contributed by atoms with van der Waals surface area (Å²) >= 11 is 1.90. The van der Waals surface area contributed by atoms with E-state index in [4.69, 9.17) is 80.5 Å². The van der Waals surface area contributed by atoms with Gasteiger partial charge in [0.25, 0.3) is 0 Å². The molecule has 2 aliphatic heterocycles. The zero-order valence-corrected chi connectivity index (χ0v) is 64.4. The normalized spacial score (nSPS) is 19.2. The number of benzene rings is 2. The lowest BCUT2D eigenvalue weighted by molar-refractivity contribution is -0.122. The molecule has 5 atom stereocenters. The molecule has 6 rings (SSSR count). The second-order valence-electron chi connectivity index (χ2n) is 28.0. The Bertz CT molecular complexity index is 2650. The summed E-state index contributed by atoms with van der Waals surface area (Å²) in [6, 6.07) is 17.4. The van der Waals surface area contributed by atoms with Crippen LogP contribution in [0.25, 0.3) is 11.1 Å². The molecule has 6 amide bonds. The van der Waals surface area contributed by atoms with Crippen molar-refractivity contribution in [1.29, 1.82) is 0 Å². The van der Waals surface area contributed by atoms with E-state index in [9.17, 15) is 24.0 Å². The van der Waals surface area contributed by atoms with Crippen molar-refractivity contribution < 1.29 is 104 Å². The summed E-state index contributed by atoms with van der Waals surface area (Å²) in [5.74, 6) is 1.17. The Morgan fingerprint density at radius 2 is 0.905 bits per heavy atom. The number of nitrogens with zero attached hydrogens (tertiary/aromatic N) is 1. The molecular formula is C76H126N6O22S. The fourth-order valence-electron chi connectivity index (χ4n) is 11.9. The molecule has 4 fully saturated rings. The number of urea groups is 1. The van der Waals surface area contributed by atoms with Crippen molar-refractivity contribution >= 4 is 41.8 Å². The summed E-state index contributed by atoms with van der Waals surface area (Å²) in [5, 5.41) is 15.3. The van der Waals surface area contributed by atoms with E-state index in [0.717, 1.165) is 73.8 Å². The molecule has 2 aromatic carbocycles. The maximum absolute atomic E-state index is 13.7. The van der Waals surface area contributed by atoms with Gasteiger partial charge in [0, 0.05) is 61.0 Å². The van der Waals surface area contributed by atoms with Crippen LogP contribution in [-0.4, -0.2) is 299 Å². The molecule has 28 nitrogen and oxygen atoms in total. The lowest BCUT2D eigenvalue weighted by Gasteiger charge is -2.38. The van der Waals surface area contributed by atoms with Crippen LogP contribution < -0.4 is 26.6 Å². The Morgan fingerprint density at radius 3 is 1.33 bits per heavy atom. The molecule has 4 aliphatic rings. The summed E-state index contributed by atoms with van der Waals surface area (Å²) < 4.78 is 94.8. The lowest BCUT2D eigenvalue weighted by Crippen LogP contribution is -2.49. The number of hydrogen-bond acceptors (Lipinski definition) is 23. The highest BCUT2D eigenvalue weighted by Crippen LogP contribution is 2.48. The van der Waals surface area contributed by atoms with Crippen molar-refractivity contribution in [3.63, 3.8) is 0 Å². The molecule has 105 heavy (non-hydrogen) atoms. The fraction of sp³-hybridized carbons (Fsp3) is 0.776. The van der Waals surface area contributed by atoms with Gasteiger partial charge in [-0.05, 0) is 115 Å². The Balaban J connectivity index is 0.595. The molecule has 29 heteroatoms. The van der Waals surface area contributed by atoms with E-state index in [0.29, 0.717) is 236 Å². The first kappa shape index (κ1) is 88.8. The van der Waals surface area contributed by atoms with Crippen LogP contribution in [0.3, 0.4) is 0 Å². The third-order valence-electron chi connectivity index (χ3n) is 17.2. The van der Waals surface area contributed by atoms with Gasteiger partial charge < -0.3 is 112 Å². The molecule has 0 spiro atoms. The minimum atomic E-state index is -0.615. The van der Waals surface area contributed by atoms with E-state index in [2.05, 4.69) is 63.0 Å². The van der Waals surface area contributed by atoms with E-state index < -0.39 is 17.3 Å². The monoisotopic (exact) mass is 1510 g/mol. The van der Waals surface area contributed by atoms with E-state index in [-0.39, 0.29) is 60.1 Å². The maximum atomic E-state index is 13.7. The number of rotatable bonds is 61. The summed E-state index contributed by atoms with van der Waals surface area (Å²) in [5.41, 5.74) is 3.26. The maximum Gasteiger partial charge on any atom is 0.410 e. The highest BCUT2D eigenvalue weighted by atomic mass is 32.2. The first-order valence-electron chi connectivity index (χ1n) is 38.1. The summed E-state index contributed by atoms with van der Waals surface area (Å²) in [6.45, 7) is 25.9. The Morgan fingerprint density at radius 1 is 0.486 bits per heavy atom. The summed E-state index contributed by atoms with van der Waals surface area (Å²) in [7, 11) is 0. The number of amides is 6. The number of alkyl carbamates (subject to hydrolysis) is 1. The largest absolute Gasteiger partial charge is 0.444 e. The van der Waals surface area contributed by atoms with Crippen LogP contribution in [0.5, 0.6) is 0 Å². The van der Waals surface area contributed by atoms with E-state index in [1.54, 1.807) is 0 Å². The lowest BCUT2D eigenvalue weighted by atomic mass is 9.90. The predicted octanol–water partition coefficient (Wildman–Crippen LogP) is 7.42. The van der Waals surface area contributed by atoms with Gasteiger partial charge >= 0.3 is 18.2 Å². The van der Waals surface area contributed by atoms with Gasteiger partial charge in [-0.15, -0.1) is 0 Å². The minimum Gasteiger partial charge on any atom is -0.444 e. The zero-order valence-electron chi connectivity index (χ0n) is 63.6. The number of carbonyl (C=O) groups is 5. The highest BCUT2D eigenvalue weighted by Gasteiger charge is 2.49. The molecule has 5 N–H and O–H groups in total. The van der Waals surface area contributed by atoms with Crippen molar-refractivity contribution in [1.82, 2.24) is 31.5 Å². The van der Waals surface area contributed by atoms with Crippen LogP contribution in [-0.2, 0) is 96.5 Å². The molecule has 0 unspecified atom stereocenters. The zero-order chi connectivity index (χ0) is 74.8. The smallest absolute Gasteiger partial charge is 0.410 e. The van der Waals surface area contributed by atoms with Gasteiger partial charge in [-0.25, -0.2) is 14.4 Å². The van der Waals surface area contributed by atoms with Crippen LogP contribution in [0.1, 0.15) is 123 Å². The summed E-state index contributed by atoms with van der Waals surface area (Å²) in [6.07, 6.45) is 7.54. The highest BCUT2D eigenvalue weighted by molar-refractivity contribution is 8.00. The van der Waals surface area contributed by atoms with E-state index in [1.807, 2.05) is 70.3 Å². The molecule has 2 aromatic rings. The molecule has 0 aromatic heterocycles. The second kappa shape index (κ2) is 53.7. The Kier molecular flexibility index (Phi) is 45.4. The van der Waals surface area contributed by atoms with Crippen molar-refractivity contribution in [2.45, 2.75) is 165 Å². The van der Waals surface area contributed by atoms with Gasteiger partial charge in [0.2, 0.25) is 11.8 Å². The first-order valence-corrected chi connectivity index (χ1v) is 39.1. The molecule has 0 bridgehead atoms. The molecular weight excluding hydrogens is 1380 g/mol. The number of fused-ring (bicyclic) bond motifs is 1. The molecule has 2 aliphatic carbocycles. The van der Waals surface area contributed by atoms with Crippen molar-refractivity contribution in [3.8, 4) is 11.1 Å². The third kappa shape index (κ3) is 41.4. The number of aryl methyl sites for hydroxylation is 1. The topological polar surface area (TPSA) is 306 Å². The number of hydrogen-bond donors (Lipinski definition) is 5. The van der Waals surface area contributed by atoms with Crippen molar-refractivity contribution in [2.75, 3.05) is 217 Å².